The summed E-state index contributed by atoms with van der Waals surface area (Å²) in [5, 5.41) is 9.74. The van der Waals surface area contributed by atoms with Gasteiger partial charge < -0.3 is 5.11 Å². The summed E-state index contributed by atoms with van der Waals surface area (Å²) in [6.07, 6.45) is 0. The van der Waals surface area contributed by atoms with E-state index < -0.39 is 11.8 Å². The number of carboxylic acid groups (broad SMARTS) is 1. The largest absolute Gasteiger partial charge is 0.478 e. The van der Waals surface area contributed by atoms with Gasteiger partial charge in [-0.25, -0.2) is 9.18 Å². The molecular formula is C15H12ClFO2S. The molecule has 0 aromatic heterocycles. The van der Waals surface area contributed by atoms with Crippen LogP contribution in [0.3, 0.4) is 0 Å². The van der Waals surface area contributed by atoms with Crippen molar-refractivity contribution in [3.05, 3.63) is 70.0 Å². The molecule has 0 aliphatic rings. The first-order valence-electron chi connectivity index (χ1n) is 5.91. The Bertz CT molecular complexity index is 631. The lowest BCUT2D eigenvalue weighted by atomic mass is 10.1. The molecule has 0 spiro atoms. The monoisotopic (exact) mass is 310 g/mol. The van der Waals surface area contributed by atoms with Gasteiger partial charge in [-0.05, 0) is 35.4 Å². The number of hydrogen-bond acceptors (Lipinski definition) is 2. The summed E-state index contributed by atoms with van der Waals surface area (Å²) in [5.74, 6) is -0.401. The zero-order valence-corrected chi connectivity index (χ0v) is 12.0. The molecule has 2 aromatic rings. The Morgan fingerprint density at radius 2 is 1.85 bits per heavy atom. The highest BCUT2D eigenvalue weighted by Crippen LogP contribution is 2.25. The zero-order valence-electron chi connectivity index (χ0n) is 10.5. The SMILES string of the molecule is O=C(O)c1ccc(F)cc1CSCc1ccccc1Cl. The highest BCUT2D eigenvalue weighted by atomic mass is 35.5. The summed E-state index contributed by atoms with van der Waals surface area (Å²) in [4.78, 5) is 11.1. The maximum Gasteiger partial charge on any atom is 0.335 e. The molecule has 2 rings (SSSR count). The summed E-state index contributed by atoms with van der Waals surface area (Å²) < 4.78 is 13.2. The quantitative estimate of drug-likeness (QED) is 0.876. The molecule has 5 heteroatoms. The molecule has 104 valence electrons. The van der Waals surface area contributed by atoms with Crippen molar-refractivity contribution in [2.75, 3.05) is 0 Å². The maximum absolute atomic E-state index is 13.2. The van der Waals surface area contributed by atoms with E-state index in [4.69, 9.17) is 16.7 Å². The molecule has 2 aromatic carbocycles. The molecule has 0 bridgehead atoms. The summed E-state index contributed by atoms with van der Waals surface area (Å²) in [6, 6.07) is 11.2. The Morgan fingerprint density at radius 3 is 2.55 bits per heavy atom. The van der Waals surface area contributed by atoms with Gasteiger partial charge in [0.25, 0.3) is 0 Å². The van der Waals surface area contributed by atoms with Crippen LogP contribution in [0.2, 0.25) is 5.02 Å². The topological polar surface area (TPSA) is 37.3 Å². The number of aromatic carboxylic acids is 1. The Kier molecular flexibility index (Phi) is 5.04. The van der Waals surface area contributed by atoms with Gasteiger partial charge in [-0.3, -0.25) is 0 Å². The number of carbonyl (C=O) groups is 1. The third kappa shape index (κ3) is 3.74. The lowest BCUT2D eigenvalue weighted by molar-refractivity contribution is 0.0696. The predicted octanol–water partition coefficient (Wildman–Crippen LogP) is 4.61. The summed E-state index contributed by atoms with van der Waals surface area (Å²) in [6.45, 7) is 0. The van der Waals surface area contributed by atoms with Gasteiger partial charge in [0, 0.05) is 16.5 Å². The van der Waals surface area contributed by atoms with Crippen LogP contribution in [0.5, 0.6) is 0 Å². The molecule has 0 aliphatic heterocycles. The Hall–Kier alpha value is -1.52. The van der Waals surface area contributed by atoms with Gasteiger partial charge in [-0.1, -0.05) is 29.8 Å². The van der Waals surface area contributed by atoms with Crippen LogP contribution in [0, 0.1) is 5.82 Å². The number of thioether (sulfide) groups is 1. The fraction of sp³-hybridized carbons (Fsp3) is 0.133. The minimum atomic E-state index is -1.04. The van der Waals surface area contributed by atoms with E-state index in [-0.39, 0.29) is 5.56 Å². The van der Waals surface area contributed by atoms with Crippen molar-refractivity contribution in [1.82, 2.24) is 0 Å². The molecule has 1 N–H and O–H groups in total. The van der Waals surface area contributed by atoms with Crippen LogP contribution >= 0.6 is 23.4 Å². The molecule has 0 radical (unpaired) electrons. The van der Waals surface area contributed by atoms with Crippen LogP contribution in [0.25, 0.3) is 0 Å². The minimum absolute atomic E-state index is 0.137. The molecule has 20 heavy (non-hydrogen) atoms. The second kappa shape index (κ2) is 6.77. The molecule has 0 saturated carbocycles. The number of rotatable bonds is 5. The Labute approximate surface area is 125 Å². The van der Waals surface area contributed by atoms with E-state index in [0.29, 0.717) is 22.1 Å². The molecule has 0 aliphatic carbocycles. The van der Waals surface area contributed by atoms with Crippen LogP contribution in [-0.2, 0) is 11.5 Å². The van der Waals surface area contributed by atoms with Crippen LogP contribution < -0.4 is 0 Å². The first-order chi connectivity index (χ1) is 9.58. The minimum Gasteiger partial charge on any atom is -0.478 e. The maximum atomic E-state index is 13.2. The fourth-order valence-electron chi connectivity index (χ4n) is 1.78. The van der Waals surface area contributed by atoms with E-state index >= 15 is 0 Å². The second-order valence-corrected chi connectivity index (χ2v) is 5.58. The molecule has 0 saturated heterocycles. The van der Waals surface area contributed by atoms with Crippen molar-refractivity contribution in [3.63, 3.8) is 0 Å². The van der Waals surface area contributed by atoms with Crippen LogP contribution in [0.15, 0.2) is 42.5 Å². The van der Waals surface area contributed by atoms with E-state index in [0.717, 1.165) is 11.6 Å². The van der Waals surface area contributed by atoms with Crippen molar-refractivity contribution in [3.8, 4) is 0 Å². The number of benzene rings is 2. The zero-order chi connectivity index (χ0) is 14.5. The van der Waals surface area contributed by atoms with Crippen molar-refractivity contribution >= 4 is 29.3 Å². The molecule has 0 fully saturated rings. The van der Waals surface area contributed by atoms with Crippen LogP contribution in [0.1, 0.15) is 21.5 Å². The third-order valence-corrected chi connectivity index (χ3v) is 4.17. The lowest BCUT2D eigenvalue weighted by Crippen LogP contribution is -2.02. The van der Waals surface area contributed by atoms with Gasteiger partial charge in [0.15, 0.2) is 0 Å². The number of halogens is 2. The molecule has 0 atom stereocenters. The van der Waals surface area contributed by atoms with E-state index in [1.54, 1.807) is 0 Å². The van der Waals surface area contributed by atoms with Crippen molar-refractivity contribution in [1.29, 1.82) is 0 Å². The van der Waals surface area contributed by atoms with E-state index in [9.17, 15) is 9.18 Å². The predicted molar refractivity (Wildman–Crippen MR) is 79.8 cm³/mol. The standard InChI is InChI=1S/C15H12ClFO2S/c16-14-4-2-1-3-10(14)8-20-9-11-7-12(17)5-6-13(11)15(18)19/h1-7H,8-9H2,(H,18,19). The Balaban J connectivity index is 2.06. The summed E-state index contributed by atoms with van der Waals surface area (Å²) in [5.41, 5.74) is 1.60. The van der Waals surface area contributed by atoms with Crippen molar-refractivity contribution < 1.29 is 14.3 Å². The highest BCUT2D eigenvalue weighted by Gasteiger charge is 2.11. The highest BCUT2D eigenvalue weighted by molar-refractivity contribution is 7.97. The average molecular weight is 311 g/mol. The molecular weight excluding hydrogens is 299 g/mol. The normalized spacial score (nSPS) is 10.5. The number of hydrogen-bond donors (Lipinski definition) is 1. The third-order valence-electron chi connectivity index (χ3n) is 2.77. The van der Waals surface area contributed by atoms with E-state index in [1.165, 1.54) is 23.9 Å². The van der Waals surface area contributed by atoms with Gasteiger partial charge in [0.1, 0.15) is 5.82 Å². The van der Waals surface area contributed by atoms with E-state index in [1.807, 2.05) is 24.3 Å². The number of carboxylic acids is 1. The molecule has 0 unspecified atom stereocenters. The fourth-order valence-corrected chi connectivity index (χ4v) is 3.09. The van der Waals surface area contributed by atoms with Gasteiger partial charge in [0.05, 0.1) is 5.56 Å². The average Bonchev–Trinajstić information content (AvgIpc) is 2.41. The first kappa shape index (κ1) is 14.9. The summed E-state index contributed by atoms with van der Waals surface area (Å²) >= 11 is 7.54. The van der Waals surface area contributed by atoms with Crippen molar-refractivity contribution in [2.45, 2.75) is 11.5 Å². The first-order valence-corrected chi connectivity index (χ1v) is 7.44. The summed E-state index contributed by atoms with van der Waals surface area (Å²) in [7, 11) is 0. The van der Waals surface area contributed by atoms with E-state index in [2.05, 4.69) is 0 Å². The Morgan fingerprint density at radius 1 is 1.15 bits per heavy atom. The van der Waals surface area contributed by atoms with Crippen LogP contribution in [-0.4, -0.2) is 11.1 Å². The van der Waals surface area contributed by atoms with Gasteiger partial charge >= 0.3 is 5.97 Å². The second-order valence-electron chi connectivity index (χ2n) is 4.19. The van der Waals surface area contributed by atoms with Gasteiger partial charge in [0.2, 0.25) is 0 Å². The van der Waals surface area contributed by atoms with Crippen molar-refractivity contribution in [2.24, 2.45) is 0 Å². The van der Waals surface area contributed by atoms with Gasteiger partial charge in [-0.15, -0.1) is 0 Å². The van der Waals surface area contributed by atoms with Crippen LogP contribution in [0.4, 0.5) is 4.39 Å². The molecule has 2 nitrogen and oxygen atoms in total. The lowest BCUT2D eigenvalue weighted by Gasteiger charge is -2.07. The molecule has 0 heterocycles. The molecule has 0 amide bonds. The van der Waals surface area contributed by atoms with Gasteiger partial charge in [-0.2, -0.15) is 11.8 Å². The smallest absolute Gasteiger partial charge is 0.335 e.